The maximum absolute atomic E-state index is 13.6. The number of hydroxylamine groups is 1. The summed E-state index contributed by atoms with van der Waals surface area (Å²) < 4.78 is 73.4. The van der Waals surface area contributed by atoms with Gasteiger partial charge in [-0.05, 0) is 81.2 Å². The lowest BCUT2D eigenvalue weighted by atomic mass is 9.92. The molecule has 0 radical (unpaired) electrons. The van der Waals surface area contributed by atoms with Gasteiger partial charge in [-0.15, -0.1) is 11.3 Å². The van der Waals surface area contributed by atoms with Gasteiger partial charge < -0.3 is 14.7 Å². The van der Waals surface area contributed by atoms with Crippen LogP contribution in [-0.4, -0.2) is 76.5 Å². The van der Waals surface area contributed by atoms with Crippen LogP contribution in [0.5, 0.6) is 5.75 Å². The number of aliphatic carboxylic acids is 1. The lowest BCUT2D eigenvalue weighted by Crippen LogP contribution is -2.57. The minimum Gasteiger partial charge on any atom is -0.486 e. The van der Waals surface area contributed by atoms with Gasteiger partial charge in [-0.25, -0.2) is 18.9 Å². The van der Waals surface area contributed by atoms with Gasteiger partial charge in [-0.2, -0.15) is 17.5 Å². The number of hydrogen-bond donors (Lipinski definition) is 3. The van der Waals surface area contributed by atoms with Gasteiger partial charge in [-0.1, -0.05) is 0 Å². The molecule has 2 aliphatic rings. The molecule has 0 bridgehead atoms. The number of benzene rings is 2. The third-order valence-electron chi connectivity index (χ3n) is 7.89. The van der Waals surface area contributed by atoms with Crippen molar-refractivity contribution in [3.63, 3.8) is 0 Å². The van der Waals surface area contributed by atoms with E-state index in [0.29, 0.717) is 47.8 Å². The van der Waals surface area contributed by atoms with Crippen LogP contribution in [0, 0.1) is 5.92 Å². The number of likely N-dealkylation sites (tertiary alicyclic amines) is 1. The fourth-order valence-electron chi connectivity index (χ4n) is 5.57. The van der Waals surface area contributed by atoms with Crippen molar-refractivity contribution in [1.82, 2.24) is 19.7 Å². The van der Waals surface area contributed by atoms with Crippen molar-refractivity contribution in [2.75, 3.05) is 19.6 Å². The van der Waals surface area contributed by atoms with Crippen LogP contribution in [0.3, 0.4) is 0 Å². The molecule has 2 saturated heterocycles. The van der Waals surface area contributed by atoms with E-state index < -0.39 is 45.6 Å². The monoisotopic (exact) mass is 642 g/mol. The minimum atomic E-state index is -4.48. The lowest BCUT2D eigenvalue weighted by molar-refractivity contribution is -0.143. The Balaban J connectivity index is 1.24. The van der Waals surface area contributed by atoms with E-state index in [1.807, 2.05) is 0 Å². The molecule has 2 aromatic carbocycles. The van der Waals surface area contributed by atoms with Crippen molar-refractivity contribution in [2.24, 2.45) is 5.92 Å². The summed E-state index contributed by atoms with van der Waals surface area (Å²) in [7, 11) is -4.15. The van der Waals surface area contributed by atoms with Crippen LogP contribution in [0.4, 0.5) is 13.2 Å². The topological polar surface area (TPSA) is 149 Å². The average molecular weight is 643 g/mol. The molecule has 1 aromatic heterocycles. The Kier molecular flexibility index (Phi) is 8.94. The molecule has 1 amide bonds. The van der Waals surface area contributed by atoms with Crippen molar-refractivity contribution in [1.29, 1.82) is 0 Å². The highest BCUT2D eigenvalue weighted by Gasteiger charge is 2.43. The van der Waals surface area contributed by atoms with E-state index in [-0.39, 0.29) is 36.0 Å². The summed E-state index contributed by atoms with van der Waals surface area (Å²) in [4.78, 5) is 30.1. The standard InChI is InChI=1S/C27H29F3N4O7S2/c28-27(29,30)17-1-6-23-21(13-17)31-24(42-23)15-41-19-2-4-20(5-3-19)43(39,40)34-12-9-18(14-22(34)25(35)32-38)33-10-7-16(8-11-33)26(36)37/h1-6,13,16,18,22,38H,7-12,14-15H2,(H,32,35)(H,36,37). The first-order valence-electron chi connectivity index (χ1n) is 13.5. The van der Waals surface area contributed by atoms with Gasteiger partial charge in [-0.3, -0.25) is 14.8 Å². The van der Waals surface area contributed by atoms with Gasteiger partial charge >= 0.3 is 12.1 Å². The fraction of sp³-hybridized carbons (Fsp3) is 0.444. The number of carbonyl (C=O) groups is 2. The molecule has 3 aromatic rings. The van der Waals surface area contributed by atoms with E-state index in [9.17, 15) is 41.5 Å². The normalized spacial score (nSPS) is 21.1. The number of ether oxygens (including phenoxy) is 1. The van der Waals surface area contributed by atoms with Crippen LogP contribution < -0.4 is 10.2 Å². The molecule has 0 spiro atoms. The number of nitrogens with zero attached hydrogens (tertiary/aromatic N) is 3. The number of thiazole rings is 1. The van der Waals surface area contributed by atoms with Crippen LogP contribution in [0.2, 0.25) is 0 Å². The van der Waals surface area contributed by atoms with Crippen molar-refractivity contribution < 1.29 is 46.2 Å². The SMILES string of the molecule is O=C(O)C1CCN(C2CCN(S(=O)(=O)c3ccc(OCc4nc5cc(C(F)(F)F)ccc5s4)cc3)C(C(=O)NO)C2)CC1. The van der Waals surface area contributed by atoms with Gasteiger partial charge in [0.15, 0.2) is 0 Å². The number of amides is 1. The third kappa shape index (κ3) is 6.77. The number of sulfonamides is 1. The van der Waals surface area contributed by atoms with Crippen LogP contribution in [0.25, 0.3) is 10.2 Å². The number of nitrogens with one attached hydrogen (secondary N) is 1. The zero-order chi connectivity index (χ0) is 30.9. The number of carboxylic acid groups (broad SMARTS) is 1. The third-order valence-corrected chi connectivity index (χ3v) is 10.8. The molecule has 0 aliphatic carbocycles. The van der Waals surface area contributed by atoms with Crippen LogP contribution in [0.1, 0.15) is 36.3 Å². The van der Waals surface area contributed by atoms with Crippen LogP contribution in [-0.2, 0) is 32.4 Å². The summed E-state index contributed by atoms with van der Waals surface area (Å²) in [6.07, 6.45) is -2.97. The summed E-state index contributed by atoms with van der Waals surface area (Å²) in [5.41, 5.74) is 0.983. The summed E-state index contributed by atoms with van der Waals surface area (Å²) >= 11 is 1.18. The molecule has 2 unspecified atom stereocenters. The number of hydrogen-bond acceptors (Lipinski definition) is 9. The molecule has 2 aliphatic heterocycles. The Morgan fingerprint density at radius 3 is 2.40 bits per heavy atom. The fourth-order valence-corrected chi connectivity index (χ4v) is 8.04. The first kappa shape index (κ1) is 31.1. The number of alkyl halides is 3. The Morgan fingerprint density at radius 2 is 1.77 bits per heavy atom. The van der Waals surface area contributed by atoms with Crippen LogP contribution >= 0.6 is 11.3 Å². The minimum absolute atomic E-state index is 0.0237. The number of rotatable bonds is 8. The van der Waals surface area contributed by atoms with Crippen molar-refractivity contribution in [3.8, 4) is 5.75 Å². The Labute approximate surface area is 248 Å². The summed E-state index contributed by atoms with van der Waals surface area (Å²) in [5.74, 6) is -1.81. The van der Waals surface area contributed by atoms with E-state index in [4.69, 9.17) is 4.74 Å². The van der Waals surface area contributed by atoms with Gasteiger partial charge in [0.1, 0.15) is 23.4 Å². The van der Waals surface area contributed by atoms with Gasteiger partial charge in [0.25, 0.3) is 5.91 Å². The Bertz CT molecular complexity index is 1590. The molecule has 2 atom stereocenters. The van der Waals surface area contributed by atoms with Gasteiger partial charge in [0.2, 0.25) is 10.0 Å². The molecular weight excluding hydrogens is 613 g/mol. The first-order chi connectivity index (χ1) is 20.4. The number of halogens is 3. The molecule has 0 saturated carbocycles. The number of fused-ring (bicyclic) bond motifs is 1. The zero-order valence-electron chi connectivity index (χ0n) is 22.7. The second-order valence-electron chi connectivity index (χ2n) is 10.5. The molecule has 232 valence electrons. The Hall–Kier alpha value is -3.31. The smallest absolute Gasteiger partial charge is 0.416 e. The van der Waals surface area contributed by atoms with Gasteiger partial charge in [0.05, 0.1) is 26.6 Å². The molecule has 5 rings (SSSR count). The van der Waals surface area contributed by atoms with E-state index in [1.54, 1.807) is 5.48 Å². The number of piperidine rings is 2. The summed E-state index contributed by atoms with van der Waals surface area (Å²) in [5, 5.41) is 19.0. The summed E-state index contributed by atoms with van der Waals surface area (Å²) in [6.45, 7) is 1.03. The first-order valence-corrected chi connectivity index (χ1v) is 15.7. The van der Waals surface area contributed by atoms with E-state index in [2.05, 4.69) is 9.88 Å². The number of aromatic nitrogens is 1. The maximum atomic E-state index is 13.6. The molecule has 16 heteroatoms. The average Bonchev–Trinajstić information content (AvgIpc) is 3.41. The Morgan fingerprint density at radius 1 is 1.07 bits per heavy atom. The van der Waals surface area contributed by atoms with Crippen molar-refractivity contribution in [2.45, 2.75) is 55.4 Å². The summed E-state index contributed by atoms with van der Waals surface area (Å²) in [6, 6.07) is 7.53. The highest BCUT2D eigenvalue weighted by Crippen LogP contribution is 2.34. The molecule has 2 fully saturated rings. The second-order valence-corrected chi connectivity index (χ2v) is 13.5. The lowest BCUT2D eigenvalue weighted by Gasteiger charge is -2.43. The highest BCUT2D eigenvalue weighted by atomic mass is 32.2. The van der Waals surface area contributed by atoms with E-state index in [0.717, 1.165) is 16.4 Å². The molecular formula is C27H29F3N4O7S2. The molecule has 43 heavy (non-hydrogen) atoms. The predicted molar refractivity (Wildman–Crippen MR) is 148 cm³/mol. The maximum Gasteiger partial charge on any atom is 0.416 e. The van der Waals surface area contributed by atoms with E-state index in [1.165, 1.54) is 41.7 Å². The number of carboxylic acids is 1. The molecule has 11 nitrogen and oxygen atoms in total. The van der Waals surface area contributed by atoms with Crippen LogP contribution in [0.15, 0.2) is 47.4 Å². The van der Waals surface area contributed by atoms with E-state index >= 15 is 0 Å². The van der Waals surface area contributed by atoms with Crippen molar-refractivity contribution >= 4 is 43.5 Å². The molecule has 3 N–H and O–H groups in total. The van der Waals surface area contributed by atoms with Gasteiger partial charge in [0, 0.05) is 12.6 Å². The largest absolute Gasteiger partial charge is 0.486 e. The number of carbonyl (C=O) groups excluding carboxylic acids is 1. The zero-order valence-corrected chi connectivity index (χ0v) is 24.3. The predicted octanol–water partition coefficient (Wildman–Crippen LogP) is 3.72. The quantitative estimate of drug-likeness (QED) is 0.247. The second kappa shape index (κ2) is 12.4. The van der Waals surface area contributed by atoms with Crippen molar-refractivity contribution in [3.05, 3.63) is 53.0 Å². The molecule has 3 heterocycles. The highest BCUT2D eigenvalue weighted by molar-refractivity contribution is 7.89.